The molecule has 1 aromatic carbocycles. The predicted octanol–water partition coefficient (Wildman–Crippen LogP) is 2.68. The maximum Gasteiger partial charge on any atom is 0.226 e. The zero-order valence-electron chi connectivity index (χ0n) is 10.4. The van der Waals surface area contributed by atoms with Crippen molar-refractivity contribution in [2.45, 2.75) is 38.3 Å². The largest absolute Gasteiger partial charge is 0.392 e. The summed E-state index contributed by atoms with van der Waals surface area (Å²) in [7, 11) is 0. The molecule has 0 aliphatic heterocycles. The highest BCUT2D eigenvalue weighted by Gasteiger charge is 2.31. The molecule has 98 valence electrons. The van der Waals surface area contributed by atoms with Crippen LogP contribution >= 0.6 is 11.6 Å². The Kier molecular flexibility index (Phi) is 4.25. The van der Waals surface area contributed by atoms with Crippen molar-refractivity contribution in [3.05, 3.63) is 34.9 Å². The standard InChI is InChI=1S/C14H18ClNO2/c1-9(10-4-2-5-11(15)8-10)16-14(18)12-6-3-7-13(12)17/h2,4-5,8-9,12-13,17H,3,6-7H2,1H3,(H,16,18). The second-order valence-corrected chi connectivity index (χ2v) is 5.33. The Balaban J connectivity index is 1.98. The topological polar surface area (TPSA) is 49.3 Å². The Labute approximate surface area is 112 Å². The minimum atomic E-state index is -0.489. The van der Waals surface area contributed by atoms with Gasteiger partial charge in [0.2, 0.25) is 5.91 Å². The fourth-order valence-electron chi connectivity index (χ4n) is 2.43. The molecule has 3 unspecified atom stereocenters. The number of hydrogen-bond acceptors (Lipinski definition) is 2. The van der Waals surface area contributed by atoms with Gasteiger partial charge in [-0.3, -0.25) is 4.79 Å². The minimum Gasteiger partial charge on any atom is -0.392 e. The maximum absolute atomic E-state index is 12.0. The third kappa shape index (κ3) is 3.03. The molecule has 3 nitrogen and oxygen atoms in total. The molecule has 0 bridgehead atoms. The van der Waals surface area contributed by atoms with Crippen LogP contribution in [0.25, 0.3) is 0 Å². The first-order valence-corrected chi connectivity index (χ1v) is 6.69. The van der Waals surface area contributed by atoms with Gasteiger partial charge >= 0.3 is 0 Å². The van der Waals surface area contributed by atoms with Crippen molar-refractivity contribution in [3.8, 4) is 0 Å². The van der Waals surface area contributed by atoms with Crippen molar-refractivity contribution in [2.75, 3.05) is 0 Å². The molecule has 0 spiro atoms. The summed E-state index contributed by atoms with van der Waals surface area (Å²) in [5, 5.41) is 13.3. The fourth-order valence-corrected chi connectivity index (χ4v) is 2.62. The first-order chi connectivity index (χ1) is 8.58. The number of aliphatic hydroxyl groups is 1. The van der Waals surface area contributed by atoms with Crippen molar-refractivity contribution in [1.29, 1.82) is 0 Å². The quantitative estimate of drug-likeness (QED) is 0.885. The van der Waals surface area contributed by atoms with Gasteiger partial charge in [0.25, 0.3) is 0 Å². The zero-order chi connectivity index (χ0) is 13.1. The van der Waals surface area contributed by atoms with E-state index in [0.717, 1.165) is 24.8 Å². The van der Waals surface area contributed by atoms with Crippen molar-refractivity contribution in [2.24, 2.45) is 5.92 Å². The Morgan fingerprint density at radius 2 is 2.28 bits per heavy atom. The van der Waals surface area contributed by atoms with Crippen LogP contribution in [0.5, 0.6) is 0 Å². The molecule has 0 heterocycles. The smallest absolute Gasteiger partial charge is 0.226 e. The number of amides is 1. The van der Waals surface area contributed by atoms with Crippen LogP contribution < -0.4 is 5.32 Å². The SMILES string of the molecule is CC(NC(=O)C1CCCC1O)c1cccc(Cl)c1. The second-order valence-electron chi connectivity index (χ2n) is 4.89. The van der Waals surface area contributed by atoms with Crippen LogP contribution in [0.3, 0.4) is 0 Å². The van der Waals surface area contributed by atoms with Crippen LogP contribution in [0.1, 0.15) is 37.8 Å². The number of rotatable bonds is 3. The molecule has 0 saturated heterocycles. The second kappa shape index (κ2) is 5.72. The number of benzene rings is 1. The molecule has 1 aromatic rings. The van der Waals surface area contributed by atoms with E-state index >= 15 is 0 Å². The Morgan fingerprint density at radius 3 is 2.89 bits per heavy atom. The van der Waals surface area contributed by atoms with Gasteiger partial charge in [-0.05, 0) is 43.9 Å². The summed E-state index contributed by atoms with van der Waals surface area (Å²) in [4.78, 5) is 12.0. The number of carbonyl (C=O) groups is 1. The molecule has 2 N–H and O–H groups in total. The number of aliphatic hydroxyl groups excluding tert-OH is 1. The lowest BCUT2D eigenvalue weighted by Gasteiger charge is -2.19. The zero-order valence-corrected chi connectivity index (χ0v) is 11.2. The van der Waals surface area contributed by atoms with Gasteiger partial charge in [-0.15, -0.1) is 0 Å². The van der Waals surface area contributed by atoms with Gasteiger partial charge in [0.05, 0.1) is 18.1 Å². The van der Waals surface area contributed by atoms with Gasteiger partial charge in [0.15, 0.2) is 0 Å². The molecule has 18 heavy (non-hydrogen) atoms. The van der Waals surface area contributed by atoms with E-state index in [0.29, 0.717) is 5.02 Å². The molecule has 0 aromatic heterocycles. The van der Waals surface area contributed by atoms with Crippen LogP contribution in [-0.4, -0.2) is 17.1 Å². The van der Waals surface area contributed by atoms with Gasteiger partial charge in [-0.25, -0.2) is 0 Å². The van der Waals surface area contributed by atoms with Crippen LogP contribution in [0.4, 0.5) is 0 Å². The molecule has 4 heteroatoms. The Hall–Kier alpha value is -1.06. The maximum atomic E-state index is 12.0. The van der Waals surface area contributed by atoms with Crippen LogP contribution in [0.15, 0.2) is 24.3 Å². The minimum absolute atomic E-state index is 0.0625. The lowest BCUT2D eigenvalue weighted by atomic mass is 10.0. The summed E-state index contributed by atoms with van der Waals surface area (Å²) in [6.07, 6.45) is 1.93. The summed E-state index contributed by atoms with van der Waals surface area (Å²) in [6, 6.07) is 7.36. The van der Waals surface area contributed by atoms with Crippen molar-refractivity contribution >= 4 is 17.5 Å². The molecule has 0 radical (unpaired) electrons. The van der Waals surface area contributed by atoms with Crippen molar-refractivity contribution < 1.29 is 9.90 Å². The molecule has 1 aliphatic carbocycles. The van der Waals surface area contributed by atoms with Gasteiger partial charge in [0, 0.05) is 5.02 Å². The average Bonchev–Trinajstić information content (AvgIpc) is 2.75. The van der Waals surface area contributed by atoms with Crippen LogP contribution in [-0.2, 0) is 4.79 Å². The van der Waals surface area contributed by atoms with Gasteiger partial charge in [0.1, 0.15) is 0 Å². The van der Waals surface area contributed by atoms with Crippen LogP contribution in [0, 0.1) is 5.92 Å². The fraction of sp³-hybridized carbons (Fsp3) is 0.500. The first-order valence-electron chi connectivity index (χ1n) is 6.32. The van der Waals surface area contributed by atoms with E-state index in [-0.39, 0.29) is 17.9 Å². The molecule has 2 rings (SSSR count). The summed E-state index contributed by atoms with van der Waals surface area (Å²) in [5.74, 6) is -0.320. The third-order valence-electron chi connectivity index (χ3n) is 3.52. The number of hydrogen-bond donors (Lipinski definition) is 2. The predicted molar refractivity (Wildman–Crippen MR) is 71.4 cm³/mol. The Bertz CT molecular complexity index is 436. The molecule has 1 amide bonds. The van der Waals surface area contributed by atoms with E-state index in [1.165, 1.54) is 0 Å². The molecule has 1 saturated carbocycles. The molecular formula is C14H18ClNO2. The summed E-state index contributed by atoms with van der Waals surface area (Å²) >= 11 is 5.92. The van der Waals surface area contributed by atoms with E-state index < -0.39 is 6.10 Å². The number of halogens is 1. The number of nitrogens with one attached hydrogen (secondary N) is 1. The molecule has 1 aliphatic rings. The highest BCUT2D eigenvalue weighted by atomic mass is 35.5. The molecule has 1 fully saturated rings. The first kappa shape index (κ1) is 13.4. The van der Waals surface area contributed by atoms with Gasteiger partial charge in [-0.1, -0.05) is 23.7 Å². The third-order valence-corrected chi connectivity index (χ3v) is 3.76. The molecular weight excluding hydrogens is 250 g/mol. The van der Waals surface area contributed by atoms with E-state index in [1.54, 1.807) is 6.07 Å². The van der Waals surface area contributed by atoms with Crippen LogP contribution in [0.2, 0.25) is 5.02 Å². The monoisotopic (exact) mass is 267 g/mol. The lowest BCUT2D eigenvalue weighted by molar-refractivity contribution is -0.128. The summed E-state index contributed by atoms with van der Waals surface area (Å²) < 4.78 is 0. The van der Waals surface area contributed by atoms with Crippen molar-refractivity contribution in [1.82, 2.24) is 5.32 Å². The van der Waals surface area contributed by atoms with E-state index in [9.17, 15) is 9.90 Å². The highest BCUT2D eigenvalue weighted by Crippen LogP contribution is 2.26. The highest BCUT2D eigenvalue weighted by molar-refractivity contribution is 6.30. The lowest BCUT2D eigenvalue weighted by Crippen LogP contribution is -2.36. The van der Waals surface area contributed by atoms with E-state index in [2.05, 4.69) is 5.32 Å². The van der Waals surface area contributed by atoms with Crippen molar-refractivity contribution in [3.63, 3.8) is 0 Å². The number of carbonyl (C=O) groups excluding carboxylic acids is 1. The Morgan fingerprint density at radius 1 is 1.50 bits per heavy atom. The van der Waals surface area contributed by atoms with Gasteiger partial charge < -0.3 is 10.4 Å². The average molecular weight is 268 g/mol. The van der Waals surface area contributed by atoms with E-state index in [4.69, 9.17) is 11.6 Å². The van der Waals surface area contributed by atoms with Gasteiger partial charge in [-0.2, -0.15) is 0 Å². The molecule has 3 atom stereocenters. The normalized spacial score (nSPS) is 24.8. The summed E-state index contributed by atoms with van der Waals surface area (Å²) in [5.41, 5.74) is 0.975. The summed E-state index contributed by atoms with van der Waals surface area (Å²) in [6.45, 7) is 1.92. The van der Waals surface area contributed by atoms with E-state index in [1.807, 2.05) is 25.1 Å².